The van der Waals surface area contributed by atoms with E-state index in [1.165, 1.54) is 25.3 Å². The van der Waals surface area contributed by atoms with Crippen molar-refractivity contribution in [3.63, 3.8) is 0 Å². The van der Waals surface area contributed by atoms with E-state index in [1.807, 2.05) is 6.92 Å². The quantitative estimate of drug-likeness (QED) is 0.373. The van der Waals surface area contributed by atoms with Gasteiger partial charge < -0.3 is 20.3 Å². The third-order valence-electron chi connectivity index (χ3n) is 5.07. The zero-order chi connectivity index (χ0) is 19.4. The van der Waals surface area contributed by atoms with Gasteiger partial charge in [0, 0.05) is 43.2 Å². The predicted molar refractivity (Wildman–Crippen MR) is 114 cm³/mol. The summed E-state index contributed by atoms with van der Waals surface area (Å²) in [6.45, 7) is 3.78. The Kier molecular flexibility index (Phi) is 8.26. The van der Waals surface area contributed by atoms with E-state index in [0.717, 1.165) is 12.8 Å². The number of carbonyl (C=O) groups is 1. The molecule has 1 saturated heterocycles. The van der Waals surface area contributed by atoms with Crippen molar-refractivity contribution in [3.05, 3.63) is 35.4 Å². The Hall–Kier alpha value is -1.65. The minimum atomic E-state index is -0.499. The first kappa shape index (κ1) is 22.6. The van der Waals surface area contributed by atoms with Crippen LogP contribution in [0.2, 0.25) is 0 Å². The van der Waals surface area contributed by atoms with Crippen LogP contribution in [0, 0.1) is 11.6 Å². The first-order chi connectivity index (χ1) is 13.0. The van der Waals surface area contributed by atoms with E-state index >= 15 is 0 Å². The van der Waals surface area contributed by atoms with Gasteiger partial charge in [0.15, 0.2) is 5.96 Å². The number of hydrogen-bond acceptors (Lipinski definition) is 3. The van der Waals surface area contributed by atoms with Gasteiger partial charge in [0.25, 0.3) is 0 Å². The van der Waals surface area contributed by atoms with Crippen LogP contribution in [-0.4, -0.2) is 55.8 Å². The lowest BCUT2D eigenvalue weighted by atomic mass is 10.1. The largest absolute Gasteiger partial charge is 0.453 e. The second kappa shape index (κ2) is 10.2. The standard InChI is InChI=1S/C19H26F2N4O2.HI/c1-3-22-18(23-12-7-9-25(10-8-12)19(26)27-2)24-16-11-13(16)17-14(20)5-4-6-15(17)21;/h4-6,12-13,16H,3,7-11H2,1-2H3,(H2,22,23,24);1H. The van der Waals surface area contributed by atoms with E-state index in [0.29, 0.717) is 32.0 Å². The topological polar surface area (TPSA) is 66.0 Å². The van der Waals surface area contributed by atoms with Gasteiger partial charge in [-0.05, 0) is 38.3 Å². The molecule has 28 heavy (non-hydrogen) atoms. The molecule has 0 aromatic heterocycles. The van der Waals surface area contributed by atoms with Crippen LogP contribution >= 0.6 is 24.0 Å². The molecule has 0 spiro atoms. The van der Waals surface area contributed by atoms with Crippen molar-refractivity contribution in [2.75, 3.05) is 26.7 Å². The van der Waals surface area contributed by atoms with Crippen molar-refractivity contribution >= 4 is 36.0 Å². The maximum atomic E-state index is 13.9. The highest BCUT2D eigenvalue weighted by Gasteiger charge is 2.42. The summed E-state index contributed by atoms with van der Waals surface area (Å²) in [5.41, 5.74) is 0.150. The first-order valence-electron chi connectivity index (χ1n) is 9.37. The van der Waals surface area contributed by atoms with Crippen LogP contribution in [0.5, 0.6) is 0 Å². The summed E-state index contributed by atoms with van der Waals surface area (Å²) in [4.78, 5) is 17.7. The number of guanidine groups is 1. The van der Waals surface area contributed by atoms with Gasteiger partial charge in [-0.25, -0.2) is 13.6 Å². The zero-order valence-corrected chi connectivity index (χ0v) is 18.4. The SMILES string of the molecule is CCN=C(NC1CCN(C(=O)OC)CC1)NC1CC1c1c(F)cccc1F.I. The summed E-state index contributed by atoms with van der Waals surface area (Å²) in [7, 11) is 1.38. The molecule has 2 atom stereocenters. The molecule has 1 aromatic carbocycles. The highest BCUT2D eigenvalue weighted by molar-refractivity contribution is 14.0. The molecule has 0 bridgehead atoms. The Balaban J connectivity index is 0.00000280. The number of likely N-dealkylation sites (tertiary alicyclic amines) is 1. The molecule has 1 saturated carbocycles. The van der Waals surface area contributed by atoms with E-state index in [2.05, 4.69) is 15.6 Å². The van der Waals surface area contributed by atoms with Crippen LogP contribution in [0.25, 0.3) is 0 Å². The Bertz CT molecular complexity index is 691. The molecule has 2 aliphatic rings. The maximum Gasteiger partial charge on any atom is 0.409 e. The molecule has 6 nitrogen and oxygen atoms in total. The summed E-state index contributed by atoms with van der Waals surface area (Å²) in [5, 5.41) is 6.67. The Morgan fingerprint density at radius 1 is 1.25 bits per heavy atom. The number of halogens is 3. The first-order valence-corrected chi connectivity index (χ1v) is 9.37. The third kappa shape index (κ3) is 5.45. The summed E-state index contributed by atoms with van der Waals surface area (Å²) in [6, 6.07) is 4.12. The van der Waals surface area contributed by atoms with Crippen LogP contribution in [0.15, 0.2) is 23.2 Å². The highest BCUT2D eigenvalue weighted by atomic mass is 127. The molecule has 2 unspecified atom stereocenters. The summed E-state index contributed by atoms with van der Waals surface area (Å²) in [5.74, 6) is -0.530. The smallest absolute Gasteiger partial charge is 0.409 e. The van der Waals surface area contributed by atoms with Crippen molar-refractivity contribution in [2.24, 2.45) is 4.99 Å². The van der Waals surface area contributed by atoms with Gasteiger partial charge in [0.2, 0.25) is 0 Å². The van der Waals surface area contributed by atoms with E-state index in [9.17, 15) is 13.6 Å². The molecule has 1 heterocycles. The molecule has 1 aromatic rings. The van der Waals surface area contributed by atoms with Gasteiger partial charge in [-0.2, -0.15) is 0 Å². The Morgan fingerprint density at radius 2 is 1.89 bits per heavy atom. The lowest BCUT2D eigenvalue weighted by molar-refractivity contribution is 0.111. The van der Waals surface area contributed by atoms with Gasteiger partial charge in [-0.3, -0.25) is 4.99 Å². The molecule has 0 radical (unpaired) electrons. The summed E-state index contributed by atoms with van der Waals surface area (Å²) in [6.07, 6.45) is 1.94. The van der Waals surface area contributed by atoms with Gasteiger partial charge in [0.05, 0.1) is 7.11 Å². The van der Waals surface area contributed by atoms with Crippen LogP contribution in [0.1, 0.15) is 37.7 Å². The summed E-state index contributed by atoms with van der Waals surface area (Å²) >= 11 is 0. The monoisotopic (exact) mass is 508 g/mol. The third-order valence-corrected chi connectivity index (χ3v) is 5.07. The van der Waals surface area contributed by atoms with Gasteiger partial charge in [0.1, 0.15) is 11.6 Å². The fourth-order valence-electron chi connectivity index (χ4n) is 3.53. The Labute approximate surface area is 181 Å². The van der Waals surface area contributed by atoms with E-state index < -0.39 is 11.6 Å². The number of rotatable bonds is 4. The van der Waals surface area contributed by atoms with Crippen LogP contribution in [0.4, 0.5) is 13.6 Å². The molecule has 3 rings (SSSR count). The van der Waals surface area contributed by atoms with Crippen LogP contribution < -0.4 is 10.6 Å². The lowest BCUT2D eigenvalue weighted by Crippen LogP contribution is -2.50. The molecule has 1 amide bonds. The van der Waals surface area contributed by atoms with E-state index in [4.69, 9.17) is 4.74 Å². The minimum Gasteiger partial charge on any atom is -0.453 e. The second-order valence-corrected chi connectivity index (χ2v) is 6.93. The molecule has 2 fully saturated rings. The lowest BCUT2D eigenvalue weighted by Gasteiger charge is -2.32. The van der Waals surface area contributed by atoms with Crippen molar-refractivity contribution in [1.82, 2.24) is 15.5 Å². The van der Waals surface area contributed by atoms with Gasteiger partial charge in [-0.1, -0.05) is 6.07 Å². The van der Waals surface area contributed by atoms with Crippen LogP contribution in [0.3, 0.4) is 0 Å². The molecule has 156 valence electrons. The number of hydrogen-bond donors (Lipinski definition) is 2. The number of carbonyl (C=O) groups excluding carboxylic acids is 1. The molecule has 9 heteroatoms. The normalized spacial score (nSPS) is 22.3. The van der Waals surface area contributed by atoms with Gasteiger partial charge in [-0.15, -0.1) is 24.0 Å². The maximum absolute atomic E-state index is 13.9. The minimum absolute atomic E-state index is 0. The number of benzene rings is 1. The number of nitrogens with one attached hydrogen (secondary N) is 2. The highest BCUT2D eigenvalue weighted by Crippen LogP contribution is 2.43. The predicted octanol–water partition coefficient (Wildman–Crippen LogP) is 3.22. The number of amides is 1. The number of nitrogens with zero attached hydrogens (tertiary/aromatic N) is 2. The number of aliphatic imine (C=N–C) groups is 1. The molecular formula is C19H27F2IN4O2. The van der Waals surface area contributed by atoms with E-state index in [1.54, 1.807) is 4.90 Å². The van der Waals surface area contributed by atoms with Gasteiger partial charge >= 0.3 is 6.09 Å². The Morgan fingerprint density at radius 3 is 2.46 bits per heavy atom. The molecule has 1 aliphatic heterocycles. The van der Waals surface area contributed by atoms with Crippen molar-refractivity contribution < 1.29 is 18.3 Å². The average molecular weight is 508 g/mol. The summed E-state index contributed by atoms with van der Waals surface area (Å²) < 4.78 is 32.6. The average Bonchev–Trinajstić information content (AvgIpc) is 3.40. The molecule has 1 aliphatic carbocycles. The van der Waals surface area contributed by atoms with Crippen molar-refractivity contribution in [2.45, 2.75) is 44.2 Å². The van der Waals surface area contributed by atoms with Crippen molar-refractivity contribution in [3.8, 4) is 0 Å². The number of ether oxygens (including phenoxy) is 1. The molecular weight excluding hydrogens is 481 g/mol. The second-order valence-electron chi connectivity index (χ2n) is 6.93. The van der Waals surface area contributed by atoms with Crippen LogP contribution in [-0.2, 0) is 4.74 Å². The van der Waals surface area contributed by atoms with Crippen molar-refractivity contribution in [1.29, 1.82) is 0 Å². The van der Waals surface area contributed by atoms with E-state index in [-0.39, 0.29) is 53.6 Å². The number of piperidine rings is 1. The number of methoxy groups -OCH3 is 1. The fourth-order valence-corrected chi connectivity index (χ4v) is 3.53. The fraction of sp³-hybridized carbons (Fsp3) is 0.579. The molecule has 2 N–H and O–H groups in total. The zero-order valence-electron chi connectivity index (χ0n) is 16.1.